The van der Waals surface area contributed by atoms with Crippen molar-refractivity contribution in [2.75, 3.05) is 11.1 Å². The number of amides is 1. The number of nitrogens with two attached hydrogens (primary N) is 1. The van der Waals surface area contributed by atoms with Gasteiger partial charge in [0.15, 0.2) is 5.75 Å². The summed E-state index contributed by atoms with van der Waals surface area (Å²) in [6.07, 6.45) is 0. The van der Waals surface area contributed by atoms with Crippen LogP contribution in [-0.4, -0.2) is 11.0 Å². The Kier molecular flexibility index (Phi) is 6.42. The van der Waals surface area contributed by atoms with E-state index in [1.807, 2.05) is 0 Å². The molecule has 1 unspecified atom stereocenters. The van der Waals surface area contributed by atoms with Gasteiger partial charge in [0.2, 0.25) is 0 Å². The molecule has 0 saturated heterocycles. The fourth-order valence-corrected chi connectivity index (χ4v) is 3.57. The van der Waals surface area contributed by atoms with Crippen molar-refractivity contribution in [3.8, 4) is 11.8 Å². The summed E-state index contributed by atoms with van der Waals surface area (Å²) in [7, 11) is 0. The van der Waals surface area contributed by atoms with Crippen molar-refractivity contribution in [3.63, 3.8) is 0 Å². The number of hydrogen-bond acceptors (Lipinski definition) is 4. The van der Waals surface area contributed by atoms with Gasteiger partial charge in [0.25, 0.3) is 5.91 Å². The van der Waals surface area contributed by atoms with E-state index >= 15 is 0 Å². The molecule has 0 aromatic heterocycles. The zero-order valence-electron chi connectivity index (χ0n) is 15.7. The normalized spacial score (nSPS) is 11.6. The number of hydrogen-bond donors (Lipinski definition) is 3. The van der Waals surface area contributed by atoms with Crippen LogP contribution in [0.25, 0.3) is 0 Å². The third-order valence-corrected chi connectivity index (χ3v) is 5.53. The van der Waals surface area contributed by atoms with E-state index in [0.717, 1.165) is 5.56 Å². The Balaban J connectivity index is 1.93. The SMILES string of the molecule is Cc1cc(C(C#N)c2ccc(Cl)cc2)c(Cl)cc1NC(=O)c1ccc(Cl)c(O)c1N. The highest BCUT2D eigenvalue weighted by atomic mass is 35.5. The highest BCUT2D eigenvalue weighted by Crippen LogP contribution is 2.36. The van der Waals surface area contributed by atoms with Gasteiger partial charge in [0, 0.05) is 15.7 Å². The van der Waals surface area contributed by atoms with Crippen LogP contribution in [0.2, 0.25) is 15.1 Å². The highest BCUT2D eigenvalue weighted by Gasteiger charge is 2.20. The van der Waals surface area contributed by atoms with Crippen molar-refractivity contribution in [1.29, 1.82) is 5.26 Å². The number of rotatable bonds is 4. The molecule has 8 heteroatoms. The predicted molar refractivity (Wildman–Crippen MR) is 121 cm³/mol. The smallest absolute Gasteiger partial charge is 0.257 e. The third kappa shape index (κ3) is 4.31. The molecule has 3 rings (SSSR count). The standard InChI is InChI=1S/C22H16Cl3N3O2/c1-11-8-15(16(10-26)12-2-4-13(23)5-3-12)18(25)9-19(11)28-22(30)14-6-7-17(24)21(29)20(14)27/h2-9,16,29H,27H2,1H3,(H,28,30). The van der Waals surface area contributed by atoms with Crippen LogP contribution < -0.4 is 11.1 Å². The summed E-state index contributed by atoms with van der Waals surface area (Å²) in [5.41, 5.74) is 8.28. The molecular weight excluding hydrogens is 445 g/mol. The van der Waals surface area contributed by atoms with Gasteiger partial charge in [-0.25, -0.2) is 0 Å². The molecule has 0 saturated carbocycles. The number of aromatic hydroxyl groups is 1. The fourth-order valence-electron chi connectivity index (χ4n) is 3.01. The lowest BCUT2D eigenvalue weighted by atomic mass is 9.91. The van der Waals surface area contributed by atoms with Crippen molar-refractivity contribution in [2.45, 2.75) is 12.8 Å². The lowest BCUT2D eigenvalue weighted by Gasteiger charge is -2.16. The van der Waals surface area contributed by atoms with Crippen LogP contribution in [0.1, 0.15) is 33.0 Å². The summed E-state index contributed by atoms with van der Waals surface area (Å²) in [6.45, 7) is 1.79. The van der Waals surface area contributed by atoms with Gasteiger partial charge >= 0.3 is 0 Å². The van der Waals surface area contributed by atoms with Gasteiger partial charge < -0.3 is 16.2 Å². The molecule has 0 spiro atoms. The summed E-state index contributed by atoms with van der Waals surface area (Å²) >= 11 is 18.2. The summed E-state index contributed by atoms with van der Waals surface area (Å²) in [5.74, 6) is -1.47. The van der Waals surface area contributed by atoms with E-state index in [1.165, 1.54) is 12.1 Å². The monoisotopic (exact) mass is 459 g/mol. The summed E-state index contributed by atoms with van der Waals surface area (Å²) < 4.78 is 0. The predicted octanol–water partition coefficient (Wildman–Crippen LogP) is 6.15. The minimum Gasteiger partial charge on any atom is -0.504 e. The van der Waals surface area contributed by atoms with Gasteiger partial charge in [-0.3, -0.25) is 4.79 Å². The van der Waals surface area contributed by atoms with Gasteiger partial charge in [0.1, 0.15) is 0 Å². The maximum absolute atomic E-state index is 12.6. The Morgan fingerprint density at radius 1 is 1.10 bits per heavy atom. The van der Waals surface area contributed by atoms with Crippen molar-refractivity contribution < 1.29 is 9.90 Å². The molecular formula is C22H16Cl3N3O2. The molecule has 1 atom stereocenters. The fraction of sp³-hybridized carbons (Fsp3) is 0.0909. The van der Waals surface area contributed by atoms with Crippen LogP contribution in [-0.2, 0) is 0 Å². The van der Waals surface area contributed by atoms with Gasteiger partial charge in [0.05, 0.1) is 28.3 Å². The number of nitrogens with one attached hydrogen (secondary N) is 1. The lowest BCUT2D eigenvalue weighted by molar-refractivity contribution is 0.102. The van der Waals surface area contributed by atoms with Gasteiger partial charge in [-0.15, -0.1) is 0 Å². The number of nitrogens with zero attached hydrogens (tertiary/aromatic N) is 1. The molecule has 0 heterocycles. The summed E-state index contributed by atoms with van der Waals surface area (Å²) in [4.78, 5) is 12.6. The highest BCUT2D eigenvalue weighted by molar-refractivity contribution is 6.33. The van der Waals surface area contributed by atoms with Crippen molar-refractivity contribution >= 4 is 52.1 Å². The molecule has 0 aliphatic rings. The number of aryl methyl sites for hydroxylation is 1. The molecule has 0 fully saturated rings. The van der Waals surface area contributed by atoms with E-state index in [2.05, 4.69) is 11.4 Å². The molecule has 1 amide bonds. The Hall–Kier alpha value is -2.91. The van der Waals surface area contributed by atoms with Crippen molar-refractivity contribution in [2.24, 2.45) is 0 Å². The first-order valence-corrected chi connectivity index (χ1v) is 9.89. The summed E-state index contributed by atoms with van der Waals surface area (Å²) in [5, 5.41) is 23.2. The van der Waals surface area contributed by atoms with Crippen LogP contribution in [0.15, 0.2) is 48.5 Å². The first-order chi connectivity index (χ1) is 14.2. The van der Waals surface area contributed by atoms with Gasteiger partial charge in [-0.05, 0) is 53.9 Å². The van der Waals surface area contributed by atoms with Crippen LogP contribution >= 0.6 is 34.8 Å². The van der Waals surface area contributed by atoms with Crippen LogP contribution in [0.5, 0.6) is 5.75 Å². The number of nitriles is 1. The van der Waals surface area contributed by atoms with E-state index < -0.39 is 11.8 Å². The average Bonchev–Trinajstić information content (AvgIpc) is 2.71. The minimum absolute atomic E-state index is 0.0531. The summed E-state index contributed by atoms with van der Waals surface area (Å²) in [6, 6.07) is 15.4. The lowest BCUT2D eigenvalue weighted by Crippen LogP contribution is -2.15. The first-order valence-electron chi connectivity index (χ1n) is 8.76. The van der Waals surface area contributed by atoms with Crippen LogP contribution in [0, 0.1) is 18.3 Å². The Bertz CT molecular complexity index is 1170. The van der Waals surface area contributed by atoms with E-state index in [9.17, 15) is 15.2 Å². The van der Waals surface area contributed by atoms with Crippen LogP contribution in [0.4, 0.5) is 11.4 Å². The van der Waals surface area contributed by atoms with E-state index in [1.54, 1.807) is 43.3 Å². The zero-order chi connectivity index (χ0) is 22.0. The Labute approximate surface area is 188 Å². The maximum Gasteiger partial charge on any atom is 0.257 e. The molecule has 0 bridgehead atoms. The third-order valence-electron chi connectivity index (χ3n) is 4.65. The number of halogens is 3. The number of phenols is 1. The zero-order valence-corrected chi connectivity index (χ0v) is 18.0. The molecule has 0 radical (unpaired) electrons. The number of anilines is 2. The second kappa shape index (κ2) is 8.85. The maximum atomic E-state index is 12.6. The molecule has 30 heavy (non-hydrogen) atoms. The number of nitrogen functional groups attached to an aromatic ring is 1. The van der Waals surface area contributed by atoms with Crippen molar-refractivity contribution in [3.05, 3.63) is 85.9 Å². The number of carbonyl (C=O) groups is 1. The second-order valence-corrected chi connectivity index (χ2v) is 7.86. The molecule has 152 valence electrons. The first kappa shape index (κ1) is 21.8. The quantitative estimate of drug-likeness (QED) is 0.321. The molecule has 3 aromatic carbocycles. The van der Waals surface area contributed by atoms with Gasteiger partial charge in [-0.2, -0.15) is 5.26 Å². The van der Waals surface area contributed by atoms with Crippen LogP contribution in [0.3, 0.4) is 0 Å². The van der Waals surface area contributed by atoms with E-state index in [-0.39, 0.29) is 22.0 Å². The second-order valence-electron chi connectivity index (χ2n) is 6.61. The minimum atomic E-state index is -0.595. The topological polar surface area (TPSA) is 99.1 Å². The number of benzene rings is 3. The van der Waals surface area contributed by atoms with E-state index in [0.29, 0.717) is 26.9 Å². The molecule has 0 aliphatic heterocycles. The number of carbonyl (C=O) groups excluding carboxylic acids is 1. The van der Waals surface area contributed by atoms with Gasteiger partial charge in [-0.1, -0.05) is 53.0 Å². The molecule has 5 nitrogen and oxygen atoms in total. The molecule has 0 aliphatic carbocycles. The average molecular weight is 461 g/mol. The number of phenolic OH excluding ortho intramolecular Hbond substituents is 1. The van der Waals surface area contributed by atoms with E-state index in [4.69, 9.17) is 40.5 Å². The molecule has 3 aromatic rings. The largest absolute Gasteiger partial charge is 0.504 e. The Morgan fingerprint density at radius 3 is 2.40 bits per heavy atom. The van der Waals surface area contributed by atoms with Crippen molar-refractivity contribution in [1.82, 2.24) is 0 Å². The Morgan fingerprint density at radius 2 is 1.77 bits per heavy atom. The molecule has 4 N–H and O–H groups in total.